The van der Waals surface area contributed by atoms with Crippen molar-refractivity contribution in [1.82, 2.24) is 5.32 Å². The number of hydrogen-bond donors (Lipinski definition) is 1. The molecular weight excluding hydrogens is 506 g/mol. The van der Waals surface area contributed by atoms with Gasteiger partial charge in [0.1, 0.15) is 6.10 Å². The molecule has 5 rings (SSSR count). The summed E-state index contributed by atoms with van der Waals surface area (Å²) in [6, 6.07) is 15.7. The Morgan fingerprint density at radius 1 is 1.11 bits per heavy atom. The maximum atomic E-state index is 13.9. The maximum Gasteiger partial charge on any atom is 0.252 e. The fourth-order valence-electron chi connectivity index (χ4n) is 5.70. The monoisotopic (exact) mass is 543 g/mol. The Kier molecular flexibility index (Phi) is 8.43. The van der Waals surface area contributed by atoms with Crippen molar-refractivity contribution in [3.8, 4) is 0 Å². The fourth-order valence-corrected chi connectivity index (χ4v) is 5.91. The summed E-state index contributed by atoms with van der Waals surface area (Å²) in [5.74, 6) is -0.947. The van der Waals surface area contributed by atoms with E-state index < -0.39 is 17.5 Å². The van der Waals surface area contributed by atoms with Crippen LogP contribution in [-0.2, 0) is 41.7 Å². The molecule has 0 radical (unpaired) electrons. The van der Waals surface area contributed by atoms with Gasteiger partial charge in [0.2, 0.25) is 0 Å². The van der Waals surface area contributed by atoms with Crippen molar-refractivity contribution >= 4 is 17.5 Å². The lowest BCUT2D eigenvalue weighted by Crippen LogP contribution is -2.60. The van der Waals surface area contributed by atoms with E-state index in [0.717, 1.165) is 36.1 Å². The predicted molar refractivity (Wildman–Crippen MR) is 144 cm³/mol. The van der Waals surface area contributed by atoms with Gasteiger partial charge >= 0.3 is 0 Å². The average molecular weight is 544 g/mol. The van der Waals surface area contributed by atoms with Crippen molar-refractivity contribution in [3.63, 3.8) is 0 Å². The molecule has 0 spiro atoms. The minimum atomic E-state index is -1.15. The van der Waals surface area contributed by atoms with Crippen LogP contribution in [0.3, 0.4) is 0 Å². The zero-order valence-corrected chi connectivity index (χ0v) is 23.2. The second-order valence-electron chi connectivity index (χ2n) is 11.1. The molecule has 2 saturated heterocycles. The minimum Gasteiger partial charge on any atom is -0.376 e. The summed E-state index contributed by atoms with van der Waals surface area (Å²) in [6.45, 7) is 7.68. The number of hydrogen-bond acceptors (Lipinski definition) is 6. The van der Waals surface area contributed by atoms with Crippen LogP contribution >= 0.6 is 11.6 Å². The average Bonchev–Trinajstić information content (AvgIpc) is 3.51. The molecule has 0 bridgehead atoms. The third kappa shape index (κ3) is 6.41. The van der Waals surface area contributed by atoms with Gasteiger partial charge in [-0.05, 0) is 62.4 Å². The summed E-state index contributed by atoms with van der Waals surface area (Å²) < 4.78 is 31.4. The Hall–Kier alpha value is -2.00. The SMILES string of the molecule is Cc1ccccc1CO[C@]1(C(=O)NCC2CCCO2)CC(OCc2cccc(Cl)c2)[C@@H]2OC(C)(C)O[C@@H]2C1. The second kappa shape index (κ2) is 11.6. The molecule has 1 N–H and O–H groups in total. The van der Waals surface area contributed by atoms with E-state index in [4.69, 9.17) is 35.3 Å². The molecule has 2 unspecified atom stereocenters. The molecule has 1 amide bonds. The maximum absolute atomic E-state index is 13.9. The van der Waals surface area contributed by atoms with Crippen molar-refractivity contribution in [2.24, 2.45) is 0 Å². The lowest BCUT2D eigenvalue weighted by molar-refractivity contribution is -0.183. The zero-order valence-electron chi connectivity index (χ0n) is 22.4. The summed E-state index contributed by atoms with van der Waals surface area (Å²) in [5.41, 5.74) is 1.96. The molecule has 1 saturated carbocycles. The van der Waals surface area contributed by atoms with Crippen LogP contribution in [0.4, 0.5) is 0 Å². The van der Waals surface area contributed by atoms with Gasteiger partial charge in [-0.2, -0.15) is 0 Å². The predicted octanol–water partition coefficient (Wildman–Crippen LogP) is 5.10. The summed E-state index contributed by atoms with van der Waals surface area (Å²) in [5, 5.41) is 3.78. The number of nitrogens with one attached hydrogen (secondary N) is 1. The number of carbonyl (C=O) groups is 1. The summed E-state index contributed by atoms with van der Waals surface area (Å²) >= 11 is 6.20. The first-order valence-electron chi connectivity index (χ1n) is 13.5. The van der Waals surface area contributed by atoms with Gasteiger partial charge in [-0.15, -0.1) is 0 Å². The summed E-state index contributed by atoms with van der Waals surface area (Å²) in [6.07, 6.45) is 1.62. The highest BCUT2D eigenvalue weighted by atomic mass is 35.5. The zero-order chi connectivity index (χ0) is 26.8. The minimum absolute atomic E-state index is 0.0311. The number of halogens is 1. The van der Waals surface area contributed by atoms with Crippen LogP contribution in [0.25, 0.3) is 0 Å². The first-order valence-corrected chi connectivity index (χ1v) is 13.9. The molecule has 38 heavy (non-hydrogen) atoms. The number of aryl methyl sites for hydroxylation is 1. The van der Waals surface area contributed by atoms with Crippen molar-refractivity contribution in [1.29, 1.82) is 0 Å². The molecule has 2 aromatic rings. The Morgan fingerprint density at radius 3 is 2.71 bits per heavy atom. The molecule has 5 atom stereocenters. The quantitative estimate of drug-likeness (QED) is 0.474. The standard InChI is InChI=1S/C30H38ClNO6/c1-20-8-4-5-10-22(20)19-36-30(28(33)32-17-24-12-7-13-34-24)15-25(27-26(16-30)37-29(2,3)38-27)35-18-21-9-6-11-23(31)14-21/h4-6,8-11,14,24-27H,7,12-13,15-19H2,1-3H3,(H,32,33)/t24?,25?,26-,27+,30-/m1/s1. The van der Waals surface area contributed by atoms with Crippen molar-refractivity contribution in [2.75, 3.05) is 13.2 Å². The summed E-state index contributed by atoms with van der Waals surface area (Å²) in [7, 11) is 0. The van der Waals surface area contributed by atoms with E-state index in [1.807, 2.05) is 69.3 Å². The number of rotatable bonds is 9. The first kappa shape index (κ1) is 27.6. The fraction of sp³-hybridized carbons (Fsp3) is 0.567. The third-order valence-corrected chi connectivity index (χ3v) is 7.93. The third-order valence-electron chi connectivity index (χ3n) is 7.70. The van der Waals surface area contributed by atoms with Crippen LogP contribution < -0.4 is 5.32 Å². The first-order chi connectivity index (χ1) is 18.2. The van der Waals surface area contributed by atoms with Gasteiger partial charge in [-0.3, -0.25) is 4.79 Å². The molecule has 2 aromatic carbocycles. The van der Waals surface area contributed by atoms with Gasteiger partial charge in [0, 0.05) is 31.0 Å². The number of fused-ring (bicyclic) bond motifs is 1. The lowest BCUT2D eigenvalue weighted by atomic mass is 9.78. The van der Waals surface area contributed by atoms with Crippen LogP contribution in [0.1, 0.15) is 56.2 Å². The Bertz CT molecular complexity index is 1120. The molecule has 2 heterocycles. The van der Waals surface area contributed by atoms with Crippen LogP contribution in [0.5, 0.6) is 0 Å². The number of amides is 1. The highest BCUT2D eigenvalue weighted by Crippen LogP contribution is 2.44. The van der Waals surface area contributed by atoms with E-state index in [2.05, 4.69) is 5.32 Å². The Labute approximate surface area is 230 Å². The molecule has 206 valence electrons. The highest BCUT2D eigenvalue weighted by Gasteiger charge is 2.58. The topological polar surface area (TPSA) is 75.3 Å². The number of benzene rings is 2. The molecule has 2 aliphatic heterocycles. The molecule has 8 heteroatoms. The van der Waals surface area contributed by atoms with Crippen molar-refractivity contribution in [2.45, 2.75) is 95.5 Å². The van der Waals surface area contributed by atoms with Gasteiger partial charge in [0.15, 0.2) is 11.4 Å². The summed E-state index contributed by atoms with van der Waals surface area (Å²) in [4.78, 5) is 13.9. The van der Waals surface area contributed by atoms with E-state index in [1.165, 1.54) is 0 Å². The van der Waals surface area contributed by atoms with Gasteiger partial charge in [0.25, 0.3) is 5.91 Å². The molecule has 3 aliphatic rings. The van der Waals surface area contributed by atoms with Crippen LogP contribution in [-0.4, -0.2) is 54.9 Å². The lowest BCUT2D eigenvalue weighted by Gasteiger charge is -2.43. The van der Waals surface area contributed by atoms with Crippen molar-refractivity contribution < 1.29 is 28.5 Å². The normalized spacial score (nSPS) is 30.2. The van der Waals surface area contributed by atoms with Crippen molar-refractivity contribution in [3.05, 3.63) is 70.2 Å². The van der Waals surface area contributed by atoms with E-state index in [-0.39, 0.29) is 24.2 Å². The molecule has 7 nitrogen and oxygen atoms in total. The van der Waals surface area contributed by atoms with Crippen LogP contribution in [0, 0.1) is 6.92 Å². The van der Waals surface area contributed by atoms with Crippen LogP contribution in [0.15, 0.2) is 48.5 Å². The van der Waals surface area contributed by atoms with Crippen LogP contribution in [0.2, 0.25) is 5.02 Å². The Morgan fingerprint density at radius 2 is 1.95 bits per heavy atom. The second-order valence-corrected chi connectivity index (χ2v) is 11.5. The van der Waals surface area contributed by atoms with Gasteiger partial charge in [-0.1, -0.05) is 48.0 Å². The van der Waals surface area contributed by atoms with E-state index >= 15 is 0 Å². The number of ether oxygens (including phenoxy) is 5. The molecule has 0 aromatic heterocycles. The largest absolute Gasteiger partial charge is 0.376 e. The van der Waals surface area contributed by atoms with Gasteiger partial charge < -0.3 is 29.0 Å². The Balaban J connectivity index is 1.40. The van der Waals surface area contributed by atoms with E-state index in [0.29, 0.717) is 37.6 Å². The molecule has 3 fully saturated rings. The van der Waals surface area contributed by atoms with Gasteiger partial charge in [-0.25, -0.2) is 0 Å². The highest BCUT2D eigenvalue weighted by molar-refractivity contribution is 6.30. The molecular formula is C30H38ClNO6. The smallest absolute Gasteiger partial charge is 0.252 e. The molecule has 1 aliphatic carbocycles. The van der Waals surface area contributed by atoms with E-state index in [9.17, 15) is 4.79 Å². The van der Waals surface area contributed by atoms with Gasteiger partial charge in [0.05, 0.1) is 31.5 Å². The van der Waals surface area contributed by atoms with E-state index in [1.54, 1.807) is 0 Å². The number of carbonyl (C=O) groups excluding carboxylic acids is 1.